The molecule has 0 aliphatic heterocycles. The zero-order valence-electron chi connectivity index (χ0n) is 8.99. The third kappa shape index (κ3) is 3.59. The summed E-state index contributed by atoms with van der Waals surface area (Å²) in [5.41, 5.74) is 6.11. The van der Waals surface area contributed by atoms with E-state index < -0.39 is 0 Å². The maximum Gasteiger partial charge on any atom is 0.231 e. The Balaban J connectivity index is 2.64. The van der Waals surface area contributed by atoms with Gasteiger partial charge in [-0.05, 0) is 24.6 Å². The van der Waals surface area contributed by atoms with Gasteiger partial charge < -0.3 is 15.8 Å². The molecule has 4 nitrogen and oxygen atoms in total. The molecule has 0 saturated carbocycles. The normalized spacial score (nSPS) is 12.1. The van der Waals surface area contributed by atoms with Crippen molar-refractivity contribution in [3.8, 4) is 5.75 Å². The smallest absolute Gasteiger partial charge is 0.231 e. The standard InChI is InChI=1S/C11H16N2O2/c1-8(13-7-11(12)14)9-4-3-5-10(6-9)15-2/h3-6,8,13H,7H2,1-2H3,(H2,12,14)/t8-/m1/s1. The highest BCUT2D eigenvalue weighted by molar-refractivity contribution is 5.75. The summed E-state index contributed by atoms with van der Waals surface area (Å²) in [7, 11) is 1.63. The molecular weight excluding hydrogens is 192 g/mol. The predicted octanol–water partition coefficient (Wildman–Crippen LogP) is 0.831. The van der Waals surface area contributed by atoms with Crippen molar-refractivity contribution in [2.45, 2.75) is 13.0 Å². The molecule has 82 valence electrons. The van der Waals surface area contributed by atoms with Crippen LogP contribution < -0.4 is 15.8 Å². The molecule has 0 bridgehead atoms. The molecule has 0 unspecified atom stereocenters. The fourth-order valence-electron chi connectivity index (χ4n) is 1.28. The molecule has 0 radical (unpaired) electrons. The predicted molar refractivity (Wildman–Crippen MR) is 58.6 cm³/mol. The lowest BCUT2D eigenvalue weighted by Crippen LogP contribution is -2.30. The van der Waals surface area contributed by atoms with E-state index in [-0.39, 0.29) is 18.5 Å². The highest BCUT2D eigenvalue weighted by atomic mass is 16.5. The summed E-state index contributed by atoms with van der Waals surface area (Å²) in [6.45, 7) is 2.15. The molecule has 0 heterocycles. The van der Waals surface area contributed by atoms with Gasteiger partial charge in [-0.2, -0.15) is 0 Å². The van der Waals surface area contributed by atoms with Crippen LogP contribution in [0.4, 0.5) is 0 Å². The molecule has 0 fully saturated rings. The van der Waals surface area contributed by atoms with Gasteiger partial charge in [0.05, 0.1) is 13.7 Å². The minimum atomic E-state index is -0.357. The van der Waals surface area contributed by atoms with E-state index in [2.05, 4.69) is 5.32 Å². The second-order valence-electron chi connectivity index (χ2n) is 3.35. The van der Waals surface area contributed by atoms with Crippen LogP contribution in [-0.4, -0.2) is 19.6 Å². The van der Waals surface area contributed by atoms with Crippen LogP contribution >= 0.6 is 0 Å². The maximum absolute atomic E-state index is 10.6. The number of amides is 1. The summed E-state index contributed by atoms with van der Waals surface area (Å²) in [6, 6.07) is 7.77. The number of nitrogens with one attached hydrogen (secondary N) is 1. The second-order valence-corrected chi connectivity index (χ2v) is 3.35. The molecule has 0 spiro atoms. The number of carbonyl (C=O) groups is 1. The fraction of sp³-hybridized carbons (Fsp3) is 0.364. The minimum absolute atomic E-state index is 0.0765. The van der Waals surface area contributed by atoms with E-state index in [0.29, 0.717) is 0 Å². The van der Waals surface area contributed by atoms with Crippen LogP contribution in [0.15, 0.2) is 24.3 Å². The maximum atomic E-state index is 10.6. The molecule has 1 aromatic rings. The largest absolute Gasteiger partial charge is 0.497 e. The lowest BCUT2D eigenvalue weighted by atomic mass is 10.1. The molecule has 0 aromatic heterocycles. The van der Waals surface area contributed by atoms with E-state index in [1.807, 2.05) is 31.2 Å². The van der Waals surface area contributed by atoms with Crippen molar-refractivity contribution in [3.05, 3.63) is 29.8 Å². The van der Waals surface area contributed by atoms with E-state index in [0.717, 1.165) is 11.3 Å². The Morgan fingerprint density at radius 2 is 2.33 bits per heavy atom. The van der Waals surface area contributed by atoms with E-state index in [9.17, 15) is 4.79 Å². The van der Waals surface area contributed by atoms with Gasteiger partial charge in [0.1, 0.15) is 5.75 Å². The van der Waals surface area contributed by atoms with Gasteiger partial charge in [-0.25, -0.2) is 0 Å². The van der Waals surface area contributed by atoms with Gasteiger partial charge in [0, 0.05) is 6.04 Å². The fourth-order valence-corrected chi connectivity index (χ4v) is 1.28. The number of benzene rings is 1. The van der Waals surface area contributed by atoms with Crippen LogP contribution in [0.2, 0.25) is 0 Å². The molecule has 3 N–H and O–H groups in total. The average Bonchev–Trinajstić information content (AvgIpc) is 2.26. The number of carbonyl (C=O) groups excluding carboxylic acids is 1. The molecule has 15 heavy (non-hydrogen) atoms. The monoisotopic (exact) mass is 208 g/mol. The molecule has 1 amide bonds. The molecule has 0 aliphatic carbocycles. The van der Waals surface area contributed by atoms with Crippen LogP contribution in [0.3, 0.4) is 0 Å². The molecule has 0 aliphatic rings. The van der Waals surface area contributed by atoms with Crippen molar-refractivity contribution in [2.75, 3.05) is 13.7 Å². The van der Waals surface area contributed by atoms with Gasteiger partial charge in [-0.1, -0.05) is 12.1 Å². The minimum Gasteiger partial charge on any atom is -0.497 e. The van der Waals surface area contributed by atoms with E-state index in [4.69, 9.17) is 10.5 Å². The van der Waals surface area contributed by atoms with Crippen molar-refractivity contribution < 1.29 is 9.53 Å². The SMILES string of the molecule is COc1cccc([C@@H](C)NCC(N)=O)c1. The zero-order chi connectivity index (χ0) is 11.3. The zero-order valence-corrected chi connectivity index (χ0v) is 8.99. The lowest BCUT2D eigenvalue weighted by molar-refractivity contribution is -0.117. The van der Waals surface area contributed by atoms with Crippen molar-refractivity contribution in [2.24, 2.45) is 5.73 Å². The quantitative estimate of drug-likeness (QED) is 0.753. The first-order valence-electron chi connectivity index (χ1n) is 4.79. The van der Waals surface area contributed by atoms with Gasteiger partial charge >= 0.3 is 0 Å². The average molecular weight is 208 g/mol. The number of methoxy groups -OCH3 is 1. The van der Waals surface area contributed by atoms with Crippen LogP contribution in [0.1, 0.15) is 18.5 Å². The molecular formula is C11H16N2O2. The Morgan fingerprint density at radius 1 is 1.60 bits per heavy atom. The topological polar surface area (TPSA) is 64.3 Å². The Labute approximate surface area is 89.4 Å². The van der Waals surface area contributed by atoms with E-state index >= 15 is 0 Å². The van der Waals surface area contributed by atoms with Crippen LogP contribution in [0.25, 0.3) is 0 Å². The Morgan fingerprint density at radius 3 is 2.93 bits per heavy atom. The summed E-state index contributed by atoms with van der Waals surface area (Å²) >= 11 is 0. The molecule has 4 heteroatoms. The van der Waals surface area contributed by atoms with Crippen LogP contribution in [-0.2, 0) is 4.79 Å². The van der Waals surface area contributed by atoms with Gasteiger partial charge in [-0.15, -0.1) is 0 Å². The first-order valence-corrected chi connectivity index (χ1v) is 4.79. The number of nitrogens with two attached hydrogens (primary N) is 1. The summed E-state index contributed by atoms with van der Waals surface area (Å²) in [6.07, 6.45) is 0. The number of rotatable bonds is 5. The van der Waals surface area contributed by atoms with Crippen molar-refractivity contribution in [1.29, 1.82) is 0 Å². The van der Waals surface area contributed by atoms with Crippen LogP contribution in [0.5, 0.6) is 5.75 Å². The first-order chi connectivity index (χ1) is 7.13. The van der Waals surface area contributed by atoms with Gasteiger partial charge in [-0.3, -0.25) is 4.79 Å². The molecule has 1 rings (SSSR count). The summed E-state index contributed by atoms with van der Waals surface area (Å²) in [4.78, 5) is 10.6. The van der Waals surface area contributed by atoms with E-state index in [1.54, 1.807) is 7.11 Å². The number of primary amides is 1. The Kier molecular flexibility index (Phi) is 4.12. The third-order valence-electron chi connectivity index (χ3n) is 2.18. The van der Waals surface area contributed by atoms with E-state index in [1.165, 1.54) is 0 Å². The molecule has 0 saturated heterocycles. The van der Waals surface area contributed by atoms with Gasteiger partial charge in [0.15, 0.2) is 0 Å². The Hall–Kier alpha value is -1.55. The van der Waals surface area contributed by atoms with Crippen molar-refractivity contribution >= 4 is 5.91 Å². The summed E-state index contributed by atoms with van der Waals surface area (Å²) in [5.74, 6) is 0.449. The summed E-state index contributed by atoms with van der Waals surface area (Å²) in [5, 5.41) is 3.02. The number of hydrogen-bond donors (Lipinski definition) is 2. The molecule has 1 aromatic carbocycles. The van der Waals surface area contributed by atoms with Gasteiger partial charge in [0.25, 0.3) is 0 Å². The highest BCUT2D eigenvalue weighted by Crippen LogP contribution is 2.18. The lowest BCUT2D eigenvalue weighted by Gasteiger charge is -2.13. The second kappa shape index (κ2) is 5.36. The third-order valence-corrected chi connectivity index (χ3v) is 2.18. The van der Waals surface area contributed by atoms with Crippen LogP contribution in [0, 0.1) is 0 Å². The van der Waals surface area contributed by atoms with Crippen molar-refractivity contribution in [3.63, 3.8) is 0 Å². The Bertz CT molecular complexity index is 339. The number of hydrogen-bond acceptors (Lipinski definition) is 3. The summed E-state index contributed by atoms with van der Waals surface area (Å²) < 4.78 is 5.11. The highest BCUT2D eigenvalue weighted by Gasteiger charge is 2.06. The molecule has 1 atom stereocenters. The first kappa shape index (κ1) is 11.5. The van der Waals surface area contributed by atoms with Gasteiger partial charge in [0.2, 0.25) is 5.91 Å². The number of ether oxygens (including phenoxy) is 1. The van der Waals surface area contributed by atoms with Crippen molar-refractivity contribution in [1.82, 2.24) is 5.32 Å².